The number of ether oxygens (including phenoxy) is 1. The molecule has 1 unspecified atom stereocenters. The normalized spacial score (nSPS) is 16.0. The predicted molar refractivity (Wildman–Crippen MR) is 106 cm³/mol. The number of fused-ring (bicyclic) bond motifs is 1. The van der Waals surface area contributed by atoms with Gasteiger partial charge in [0.1, 0.15) is 6.04 Å². The van der Waals surface area contributed by atoms with E-state index in [0.29, 0.717) is 0 Å². The summed E-state index contributed by atoms with van der Waals surface area (Å²) in [5.74, 6) is -2.60. The molecule has 0 saturated carbocycles. The number of hydrogen-bond acceptors (Lipinski definition) is 6. The predicted octanol–water partition coefficient (Wildman–Crippen LogP) is 1.55. The topological polar surface area (TPSA) is 110 Å². The number of hydrogen-bond donors (Lipinski definition) is 1. The van der Waals surface area contributed by atoms with Crippen molar-refractivity contribution in [1.29, 1.82) is 0 Å². The zero-order valence-electron chi connectivity index (χ0n) is 15.9. The van der Waals surface area contributed by atoms with Crippen molar-refractivity contribution in [3.8, 4) is 0 Å². The zero-order valence-corrected chi connectivity index (χ0v) is 16.7. The zero-order chi connectivity index (χ0) is 21.2. The molecule has 3 rings (SSSR count). The molecule has 29 heavy (non-hydrogen) atoms. The highest BCUT2D eigenvalue weighted by atomic mass is 32.2. The lowest BCUT2D eigenvalue weighted by Gasteiger charge is -2.36. The number of sulfone groups is 1. The van der Waals surface area contributed by atoms with Gasteiger partial charge in [-0.3, -0.25) is 14.5 Å². The van der Waals surface area contributed by atoms with Gasteiger partial charge in [0, 0.05) is 12.7 Å². The maximum Gasteiger partial charge on any atom is 0.397 e. The number of nitrogens with one attached hydrogen (secondary N) is 1. The van der Waals surface area contributed by atoms with E-state index in [9.17, 15) is 22.8 Å². The Labute approximate surface area is 168 Å². The monoisotopic (exact) mass is 416 g/mol. The summed E-state index contributed by atoms with van der Waals surface area (Å²) in [6, 6.07) is 12.1. The minimum atomic E-state index is -3.52. The van der Waals surface area contributed by atoms with Crippen molar-refractivity contribution in [1.82, 2.24) is 0 Å². The molecular weight excluding hydrogens is 396 g/mol. The highest BCUT2D eigenvalue weighted by Crippen LogP contribution is 2.35. The number of nitrogens with zero attached hydrogens (tertiary/aromatic N) is 1. The largest absolute Gasteiger partial charge is 0.459 e. The van der Waals surface area contributed by atoms with Crippen LogP contribution in [0.15, 0.2) is 53.4 Å². The average molecular weight is 416 g/mol. The third kappa shape index (κ3) is 4.29. The van der Waals surface area contributed by atoms with Crippen molar-refractivity contribution < 1.29 is 27.5 Å². The van der Waals surface area contributed by atoms with E-state index in [4.69, 9.17) is 4.74 Å². The lowest BCUT2D eigenvalue weighted by atomic mass is 10.00. The number of benzene rings is 2. The first-order valence-electron chi connectivity index (χ1n) is 8.91. The number of carbonyl (C=O) groups is 3. The number of amides is 2. The van der Waals surface area contributed by atoms with Gasteiger partial charge in [-0.25, -0.2) is 13.2 Å². The Kier molecular flexibility index (Phi) is 5.69. The summed E-state index contributed by atoms with van der Waals surface area (Å²) in [7, 11) is -3.52. The van der Waals surface area contributed by atoms with E-state index in [2.05, 4.69) is 5.32 Å². The molecule has 8 nitrogen and oxygen atoms in total. The van der Waals surface area contributed by atoms with Gasteiger partial charge in [0.15, 0.2) is 9.84 Å². The Hall–Kier alpha value is -3.20. The molecule has 0 radical (unpaired) electrons. The molecule has 1 heterocycles. The van der Waals surface area contributed by atoms with Gasteiger partial charge >= 0.3 is 11.9 Å². The van der Waals surface area contributed by atoms with Gasteiger partial charge in [0.05, 0.1) is 22.9 Å². The van der Waals surface area contributed by atoms with Gasteiger partial charge in [-0.2, -0.15) is 0 Å². The lowest BCUT2D eigenvalue weighted by Crippen LogP contribution is -2.54. The Morgan fingerprint density at radius 3 is 2.45 bits per heavy atom. The van der Waals surface area contributed by atoms with E-state index >= 15 is 0 Å². The van der Waals surface area contributed by atoms with Gasteiger partial charge < -0.3 is 10.1 Å². The first kappa shape index (κ1) is 20.5. The van der Waals surface area contributed by atoms with Crippen molar-refractivity contribution in [3.05, 3.63) is 54.1 Å². The second-order valence-corrected chi connectivity index (χ2v) is 8.56. The Balaban J connectivity index is 2.08. The molecule has 0 aromatic heterocycles. The maximum atomic E-state index is 12.8. The van der Waals surface area contributed by atoms with Crippen LogP contribution in [0.3, 0.4) is 0 Å². The van der Waals surface area contributed by atoms with Gasteiger partial charge in [-0.15, -0.1) is 0 Å². The fraction of sp³-hybridized carbons (Fsp3) is 0.250. The number of rotatable bonds is 4. The fourth-order valence-corrected chi connectivity index (χ4v) is 3.77. The van der Waals surface area contributed by atoms with Crippen LogP contribution in [0.25, 0.3) is 0 Å². The molecule has 9 heteroatoms. The van der Waals surface area contributed by atoms with Crippen LogP contribution < -0.4 is 10.2 Å². The third-order valence-electron chi connectivity index (χ3n) is 4.47. The maximum absolute atomic E-state index is 12.8. The van der Waals surface area contributed by atoms with Crippen LogP contribution in [0.2, 0.25) is 0 Å². The lowest BCUT2D eigenvalue weighted by molar-refractivity contribution is -0.153. The summed E-state index contributed by atoms with van der Waals surface area (Å²) in [6.07, 6.45) is 1.21. The molecule has 0 spiro atoms. The van der Waals surface area contributed by atoms with E-state index < -0.39 is 33.7 Å². The molecule has 0 saturated heterocycles. The average Bonchev–Trinajstić information content (AvgIpc) is 2.68. The summed E-state index contributed by atoms with van der Waals surface area (Å²) >= 11 is 0. The minimum absolute atomic E-state index is 0.00777. The molecule has 1 atom stereocenters. The SMILES string of the molecule is CCOC(=O)C(=O)N1c2ccc(S(C)(=O)=O)cc2NC(=O)C1Cc1ccccc1. The van der Waals surface area contributed by atoms with Crippen molar-refractivity contribution in [2.24, 2.45) is 0 Å². The molecule has 2 aromatic carbocycles. The molecule has 1 aliphatic heterocycles. The molecule has 0 fully saturated rings. The molecular formula is C20H20N2O6S. The minimum Gasteiger partial charge on any atom is -0.459 e. The summed E-state index contributed by atoms with van der Waals surface area (Å²) in [6.45, 7) is 1.58. The van der Waals surface area contributed by atoms with Crippen LogP contribution >= 0.6 is 0 Å². The van der Waals surface area contributed by atoms with Crippen LogP contribution in [0.1, 0.15) is 12.5 Å². The standard InChI is InChI=1S/C20H20N2O6S/c1-3-28-20(25)19(24)22-16-10-9-14(29(2,26)27)12-15(16)21-18(23)17(22)11-13-7-5-4-6-8-13/h4-10,12,17H,3,11H2,1-2H3,(H,21,23). The number of anilines is 2. The highest BCUT2D eigenvalue weighted by molar-refractivity contribution is 7.90. The summed E-state index contributed by atoms with van der Waals surface area (Å²) in [4.78, 5) is 38.8. The van der Waals surface area contributed by atoms with Gasteiger partial charge in [-0.05, 0) is 30.7 Å². The Morgan fingerprint density at radius 1 is 1.14 bits per heavy atom. The molecule has 1 N–H and O–H groups in total. The van der Waals surface area contributed by atoms with Crippen LogP contribution in [0, 0.1) is 0 Å². The summed E-state index contributed by atoms with van der Waals surface area (Å²) in [5, 5.41) is 2.65. The van der Waals surface area contributed by atoms with E-state index in [0.717, 1.165) is 16.7 Å². The molecule has 2 aromatic rings. The molecule has 0 bridgehead atoms. The van der Waals surface area contributed by atoms with Crippen molar-refractivity contribution in [2.45, 2.75) is 24.3 Å². The number of esters is 1. The van der Waals surface area contributed by atoms with Crippen molar-refractivity contribution >= 4 is 39.0 Å². The molecule has 152 valence electrons. The highest BCUT2D eigenvalue weighted by Gasteiger charge is 2.40. The van der Waals surface area contributed by atoms with Crippen LogP contribution in [-0.2, 0) is 35.4 Å². The second-order valence-electron chi connectivity index (χ2n) is 6.54. The van der Waals surface area contributed by atoms with Crippen LogP contribution in [0.5, 0.6) is 0 Å². The van der Waals surface area contributed by atoms with Gasteiger partial charge in [-0.1, -0.05) is 30.3 Å². The van der Waals surface area contributed by atoms with E-state index in [1.165, 1.54) is 18.2 Å². The Bertz CT molecular complexity index is 1070. The summed E-state index contributed by atoms with van der Waals surface area (Å²) in [5.41, 5.74) is 1.17. The Morgan fingerprint density at radius 2 is 1.83 bits per heavy atom. The van der Waals surface area contributed by atoms with E-state index in [1.807, 2.05) is 18.2 Å². The molecule has 0 aliphatic carbocycles. The quantitative estimate of drug-likeness (QED) is 0.598. The van der Waals surface area contributed by atoms with E-state index in [1.54, 1.807) is 19.1 Å². The first-order valence-corrected chi connectivity index (χ1v) is 10.8. The van der Waals surface area contributed by atoms with Crippen molar-refractivity contribution in [3.63, 3.8) is 0 Å². The fourth-order valence-electron chi connectivity index (χ4n) is 3.12. The number of carbonyl (C=O) groups excluding carboxylic acids is 3. The van der Waals surface area contributed by atoms with Crippen LogP contribution in [0.4, 0.5) is 11.4 Å². The smallest absolute Gasteiger partial charge is 0.397 e. The van der Waals surface area contributed by atoms with Crippen molar-refractivity contribution in [2.75, 3.05) is 23.1 Å². The van der Waals surface area contributed by atoms with Crippen LogP contribution in [-0.4, -0.2) is 45.1 Å². The summed E-state index contributed by atoms with van der Waals surface area (Å²) < 4.78 is 28.5. The van der Waals surface area contributed by atoms with Gasteiger partial charge in [0.2, 0.25) is 5.91 Å². The first-order chi connectivity index (χ1) is 13.7. The second kappa shape index (κ2) is 8.04. The molecule has 2 amide bonds. The third-order valence-corrected chi connectivity index (χ3v) is 5.58. The molecule has 1 aliphatic rings. The van der Waals surface area contributed by atoms with E-state index in [-0.39, 0.29) is 29.3 Å². The van der Waals surface area contributed by atoms with Gasteiger partial charge in [0.25, 0.3) is 0 Å².